The van der Waals surface area contributed by atoms with Gasteiger partial charge in [0.05, 0.1) is 0 Å². The van der Waals surface area contributed by atoms with Gasteiger partial charge < -0.3 is 14.7 Å². The molecule has 1 fully saturated rings. The van der Waals surface area contributed by atoms with Crippen molar-refractivity contribution in [3.63, 3.8) is 0 Å². The molecule has 2 aromatic rings. The fourth-order valence-electron chi connectivity index (χ4n) is 3.59. The molecule has 0 spiro atoms. The predicted molar refractivity (Wildman–Crippen MR) is 98.6 cm³/mol. The number of rotatable bonds is 4. The van der Waals surface area contributed by atoms with Crippen LogP contribution in [-0.2, 0) is 6.42 Å². The Hall–Kier alpha value is -2.37. The molecule has 0 saturated carbocycles. The van der Waals surface area contributed by atoms with Crippen molar-refractivity contribution in [2.45, 2.75) is 32.6 Å². The highest BCUT2D eigenvalue weighted by Gasteiger charge is 2.28. The molecule has 1 aliphatic heterocycles. The van der Waals surface area contributed by atoms with Gasteiger partial charge in [0.15, 0.2) is 11.8 Å². The average Bonchev–Trinajstić information content (AvgIpc) is 3.04. The summed E-state index contributed by atoms with van der Waals surface area (Å²) in [6, 6.07) is 10.8. The van der Waals surface area contributed by atoms with Gasteiger partial charge in [0.25, 0.3) is 0 Å². The second-order valence-electron chi connectivity index (χ2n) is 6.69. The molecule has 134 valence electrons. The minimum atomic E-state index is 0.591. The van der Waals surface area contributed by atoms with E-state index in [1.807, 2.05) is 14.0 Å². The number of guanidine groups is 1. The van der Waals surface area contributed by atoms with Crippen LogP contribution in [0.1, 0.15) is 36.5 Å². The first-order chi connectivity index (χ1) is 12.2. The summed E-state index contributed by atoms with van der Waals surface area (Å²) < 4.78 is 5.15. The van der Waals surface area contributed by atoms with Crippen LogP contribution in [0.5, 0.6) is 0 Å². The molecule has 25 heavy (non-hydrogen) atoms. The molecule has 0 radical (unpaired) electrons. The Morgan fingerprint density at radius 2 is 2.16 bits per heavy atom. The van der Waals surface area contributed by atoms with Crippen LogP contribution < -0.4 is 5.32 Å². The van der Waals surface area contributed by atoms with Crippen LogP contribution in [0.4, 0.5) is 0 Å². The van der Waals surface area contributed by atoms with Crippen LogP contribution in [0.15, 0.2) is 39.8 Å². The van der Waals surface area contributed by atoms with Gasteiger partial charge in [-0.1, -0.05) is 42.4 Å². The summed E-state index contributed by atoms with van der Waals surface area (Å²) in [7, 11) is 1.84. The lowest BCUT2D eigenvalue weighted by Gasteiger charge is -2.38. The first-order valence-corrected chi connectivity index (χ1v) is 8.97. The summed E-state index contributed by atoms with van der Waals surface area (Å²) in [5.74, 6) is 3.51. The van der Waals surface area contributed by atoms with Gasteiger partial charge >= 0.3 is 0 Å². The van der Waals surface area contributed by atoms with E-state index in [1.54, 1.807) is 0 Å². The predicted octanol–water partition coefficient (Wildman–Crippen LogP) is 2.62. The van der Waals surface area contributed by atoms with Crippen LogP contribution >= 0.6 is 0 Å². The van der Waals surface area contributed by atoms with Crippen molar-refractivity contribution >= 4 is 5.96 Å². The second kappa shape index (κ2) is 8.14. The molecule has 1 N–H and O–H groups in total. The van der Waals surface area contributed by atoms with E-state index in [4.69, 9.17) is 4.52 Å². The molecule has 1 aromatic carbocycles. The van der Waals surface area contributed by atoms with Crippen LogP contribution in [0.25, 0.3) is 0 Å². The molecule has 0 aliphatic carbocycles. The molecule has 1 saturated heterocycles. The van der Waals surface area contributed by atoms with Crippen LogP contribution in [0.3, 0.4) is 0 Å². The van der Waals surface area contributed by atoms with E-state index in [0.29, 0.717) is 30.0 Å². The van der Waals surface area contributed by atoms with E-state index >= 15 is 0 Å². The van der Waals surface area contributed by atoms with Crippen molar-refractivity contribution in [2.24, 2.45) is 10.9 Å². The Labute approximate surface area is 149 Å². The first-order valence-electron chi connectivity index (χ1n) is 8.97. The number of hydrogen-bond acceptors (Lipinski definition) is 4. The van der Waals surface area contributed by atoms with Gasteiger partial charge in [-0.05, 0) is 30.7 Å². The lowest BCUT2D eigenvalue weighted by Crippen LogP contribution is -2.48. The first kappa shape index (κ1) is 17.5. The summed E-state index contributed by atoms with van der Waals surface area (Å²) >= 11 is 0. The monoisotopic (exact) mass is 341 g/mol. The molecular formula is C19H27N5O. The standard InChI is InChI=1S/C19H27N5O/c1-14-13-24(12-10-17(14)16-7-5-4-6-8-16)19(20-3)21-11-9-18-22-15(2)23-25-18/h4-8,14,17H,9-13H2,1-3H3,(H,20,21). The van der Waals surface area contributed by atoms with Gasteiger partial charge in [-0.3, -0.25) is 4.99 Å². The summed E-state index contributed by atoms with van der Waals surface area (Å²) in [5, 5.41) is 7.24. The van der Waals surface area contributed by atoms with Crippen molar-refractivity contribution < 1.29 is 4.52 Å². The number of nitrogens with one attached hydrogen (secondary N) is 1. The minimum absolute atomic E-state index is 0.591. The van der Waals surface area contributed by atoms with E-state index in [-0.39, 0.29) is 0 Å². The Bertz CT molecular complexity index is 697. The van der Waals surface area contributed by atoms with Crippen molar-refractivity contribution in [1.82, 2.24) is 20.4 Å². The summed E-state index contributed by atoms with van der Waals surface area (Å²) in [6.45, 7) is 6.93. The Balaban J connectivity index is 1.52. The van der Waals surface area contributed by atoms with E-state index in [2.05, 4.69) is 62.6 Å². The number of benzene rings is 1. The quantitative estimate of drug-likeness (QED) is 0.684. The van der Waals surface area contributed by atoms with Crippen LogP contribution in [0.2, 0.25) is 0 Å². The summed E-state index contributed by atoms with van der Waals surface area (Å²) in [4.78, 5) is 11.0. The number of likely N-dealkylation sites (tertiary alicyclic amines) is 1. The number of aryl methyl sites for hydroxylation is 1. The van der Waals surface area contributed by atoms with Gasteiger partial charge in [0, 0.05) is 33.1 Å². The van der Waals surface area contributed by atoms with Gasteiger partial charge in [0.2, 0.25) is 5.89 Å². The molecule has 3 rings (SSSR count). The maximum absolute atomic E-state index is 5.15. The van der Waals surface area contributed by atoms with Crippen molar-refractivity contribution in [3.05, 3.63) is 47.6 Å². The van der Waals surface area contributed by atoms with Crippen molar-refractivity contribution in [3.8, 4) is 0 Å². The highest BCUT2D eigenvalue weighted by atomic mass is 16.5. The fraction of sp³-hybridized carbons (Fsp3) is 0.526. The largest absolute Gasteiger partial charge is 0.356 e. The Kier molecular flexibility index (Phi) is 5.68. The highest BCUT2D eigenvalue weighted by Crippen LogP contribution is 2.32. The average molecular weight is 341 g/mol. The number of nitrogens with zero attached hydrogens (tertiary/aromatic N) is 4. The van der Waals surface area contributed by atoms with E-state index in [9.17, 15) is 0 Å². The third kappa shape index (κ3) is 4.38. The fourth-order valence-corrected chi connectivity index (χ4v) is 3.59. The van der Waals surface area contributed by atoms with Crippen molar-refractivity contribution in [1.29, 1.82) is 0 Å². The lowest BCUT2D eigenvalue weighted by atomic mass is 9.82. The molecule has 2 unspecified atom stereocenters. The maximum Gasteiger partial charge on any atom is 0.228 e. The van der Waals surface area contributed by atoms with E-state index in [1.165, 1.54) is 5.56 Å². The normalized spacial score (nSPS) is 21.4. The SMILES string of the molecule is CN=C(NCCc1nc(C)no1)N1CCC(c2ccccc2)C(C)C1. The molecule has 0 amide bonds. The Morgan fingerprint density at radius 3 is 2.80 bits per heavy atom. The smallest absolute Gasteiger partial charge is 0.228 e. The second-order valence-corrected chi connectivity index (χ2v) is 6.69. The molecular weight excluding hydrogens is 314 g/mol. The van der Waals surface area contributed by atoms with E-state index < -0.39 is 0 Å². The number of aromatic nitrogens is 2. The zero-order valence-electron chi connectivity index (χ0n) is 15.3. The molecule has 2 atom stereocenters. The van der Waals surface area contributed by atoms with Gasteiger partial charge in [-0.25, -0.2) is 0 Å². The van der Waals surface area contributed by atoms with Gasteiger partial charge in [-0.2, -0.15) is 4.98 Å². The molecule has 1 aliphatic rings. The number of hydrogen-bond donors (Lipinski definition) is 1. The zero-order valence-corrected chi connectivity index (χ0v) is 15.3. The molecule has 2 heterocycles. The third-order valence-corrected chi connectivity index (χ3v) is 4.84. The van der Waals surface area contributed by atoms with Gasteiger partial charge in [-0.15, -0.1) is 0 Å². The lowest BCUT2D eigenvalue weighted by molar-refractivity contribution is 0.234. The minimum Gasteiger partial charge on any atom is -0.356 e. The van der Waals surface area contributed by atoms with Gasteiger partial charge in [0.1, 0.15) is 0 Å². The number of aliphatic imine (C=N–C) groups is 1. The maximum atomic E-state index is 5.15. The third-order valence-electron chi connectivity index (χ3n) is 4.84. The van der Waals surface area contributed by atoms with Crippen molar-refractivity contribution in [2.75, 3.05) is 26.7 Å². The number of piperidine rings is 1. The summed E-state index contributed by atoms with van der Waals surface area (Å²) in [5.41, 5.74) is 1.45. The Morgan fingerprint density at radius 1 is 1.36 bits per heavy atom. The molecule has 6 nitrogen and oxygen atoms in total. The topological polar surface area (TPSA) is 66.5 Å². The highest BCUT2D eigenvalue weighted by molar-refractivity contribution is 5.80. The van der Waals surface area contributed by atoms with Crippen LogP contribution in [-0.4, -0.2) is 47.7 Å². The van der Waals surface area contributed by atoms with Crippen LogP contribution in [0, 0.1) is 12.8 Å². The summed E-state index contributed by atoms with van der Waals surface area (Å²) in [6.07, 6.45) is 1.85. The molecule has 1 aromatic heterocycles. The molecule has 0 bridgehead atoms. The van der Waals surface area contributed by atoms with E-state index in [0.717, 1.165) is 32.0 Å². The molecule has 6 heteroatoms. The zero-order chi connectivity index (χ0) is 17.6.